The van der Waals surface area contributed by atoms with Crippen LogP contribution in [0.4, 0.5) is 0 Å². The number of hydrogen-bond acceptors (Lipinski definition) is 6. The molecule has 2 N–H and O–H groups in total. The van der Waals surface area contributed by atoms with Gasteiger partial charge in [0.1, 0.15) is 0 Å². The fourth-order valence-electron chi connectivity index (χ4n) is 1.33. The number of hydrogen-bond donors (Lipinski definition) is 2. The van der Waals surface area contributed by atoms with E-state index in [1.165, 1.54) is 0 Å². The molecule has 0 aromatic rings. The number of aliphatic hydroxyl groups excluding tert-OH is 2. The van der Waals surface area contributed by atoms with Crippen molar-refractivity contribution in [2.24, 2.45) is 5.92 Å². The Morgan fingerprint density at radius 3 is 1.89 bits per heavy atom. The maximum absolute atomic E-state index is 8.64. The molecule has 0 aromatic carbocycles. The molecule has 0 aliphatic heterocycles. The van der Waals surface area contributed by atoms with E-state index in [4.69, 9.17) is 29.2 Å². The number of aliphatic hydroxyl groups is 2. The summed E-state index contributed by atoms with van der Waals surface area (Å²) in [6, 6.07) is 0. The van der Waals surface area contributed by atoms with Gasteiger partial charge < -0.3 is 29.2 Å². The van der Waals surface area contributed by atoms with E-state index >= 15 is 0 Å². The lowest BCUT2D eigenvalue weighted by molar-refractivity contribution is -0.144. The minimum atomic E-state index is -0.256. The molecule has 0 saturated carbocycles. The van der Waals surface area contributed by atoms with Crippen LogP contribution in [-0.2, 0) is 18.9 Å². The molecule has 0 spiro atoms. The molecule has 0 rings (SSSR count). The number of rotatable bonds is 13. The average molecular weight is 266 g/mol. The minimum Gasteiger partial charge on any atom is -0.394 e. The van der Waals surface area contributed by atoms with E-state index in [1.807, 2.05) is 13.8 Å². The maximum atomic E-state index is 8.64. The molecule has 0 aliphatic carbocycles. The van der Waals surface area contributed by atoms with Crippen LogP contribution in [0, 0.1) is 5.92 Å². The zero-order valence-electron chi connectivity index (χ0n) is 11.3. The molecule has 1 unspecified atom stereocenters. The summed E-state index contributed by atoms with van der Waals surface area (Å²) in [7, 11) is 0. The van der Waals surface area contributed by atoms with Gasteiger partial charge in [-0.15, -0.1) is 0 Å². The lowest BCUT2D eigenvalue weighted by Gasteiger charge is -2.20. The van der Waals surface area contributed by atoms with Gasteiger partial charge in [-0.1, -0.05) is 0 Å². The van der Waals surface area contributed by atoms with Gasteiger partial charge in [0.15, 0.2) is 6.29 Å². The van der Waals surface area contributed by atoms with E-state index in [-0.39, 0.29) is 25.4 Å². The summed E-state index contributed by atoms with van der Waals surface area (Å²) in [6.07, 6.45) is -0.256. The van der Waals surface area contributed by atoms with Crippen molar-refractivity contribution in [3.05, 3.63) is 0 Å². The molecule has 0 bridgehead atoms. The highest BCUT2D eigenvalue weighted by Crippen LogP contribution is 2.04. The van der Waals surface area contributed by atoms with Gasteiger partial charge >= 0.3 is 0 Å². The fraction of sp³-hybridized carbons (Fsp3) is 1.00. The summed E-state index contributed by atoms with van der Waals surface area (Å²) in [4.78, 5) is 0. The van der Waals surface area contributed by atoms with E-state index in [0.29, 0.717) is 39.6 Å². The zero-order valence-corrected chi connectivity index (χ0v) is 11.3. The van der Waals surface area contributed by atoms with E-state index in [9.17, 15) is 0 Å². The molecule has 110 valence electrons. The van der Waals surface area contributed by atoms with Crippen molar-refractivity contribution in [2.75, 3.05) is 52.9 Å². The van der Waals surface area contributed by atoms with Gasteiger partial charge in [0.25, 0.3) is 0 Å². The fourth-order valence-corrected chi connectivity index (χ4v) is 1.33. The van der Waals surface area contributed by atoms with Crippen LogP contribution in [0.3, 0.4) is 0 Å². The van der Waals surface area contributed by atoms with Crippen LogP contribution in [0.15, 0.2) is 0 Å². The normalized spacial score (nSPS) is 13.2. The van der Waals surface area contributed by atoms with Crippen LogP contribution in [0.2, 0.25) is 0 Å². The van der Waals surface area contributed by atoms with Gasteiger partial charge in [-0.25, -0.2) is 0 Å². The Bertz CT molecular complexity index is 157. The monoisotopic (exact) mass is 266 g/mol. The Morgan fingerprint density at radius 2 is 1.44 bits per heavy atom. The van der Waals surface area contributed by atoms with Gasteiger partial charge in [0.2, 0.25) is 0 Å². The van der Waals surface area contributed by atoms with Crippen LogP contribution >= 0.6 is 0 Å². The molecule has 1 atom stereocenters. The Labute approximate surface area is 109 Å². The third-order valence-corrected chi connectivity index (χ3v) is 2.15. The average Bonchev–Trinajstić information content (AvgIpc) is 2.36. The van der Waals surface area contributed by atoms with E-state index < -0.39 is 0 Å². The molecule has 0 radical (unpaired) electrons. The van der Waals surface area contributed by atoms with Crippen LogP contribution in [0.5, 0.6) is 0 Å². The van der Waals surface area contributed by atoms with Crippen LogP contribution < -0.4 is 0 Å². The molecular formula is C12H26O6. The quantitative estimate of drug-likeness (QED) is 0.361. The van der Waals surface area contributed by atoms with Gasteiger partial charge in [-0.2, -0.15) is 0 Å². The second-order valence-corrected chi connectivity index (χ2v) is 3.82. The summed E-state index contributed by atoms with van der Waals surface area (Å²) in [5.74, 6) is 0.0611. The van der Waals surface area contributed by atoms with Crippen LogP contribution in [-0.4, -0.2) is 69.4 Å². The minimum absolute atomic E-state index is 0.000420. The smallest absolute Gasteiger partial charge is 0.154 e. The Kier molecular flexibility index (Phi) is 13.0. The highest BCUT2D eigenvalue weighted by Gasteiger charge is 2.12. The molecule has 6 heteroatoms. The Morgan fingerprint density at radius 1 is 0.889 bits per heavy atom. The lowest BCUT2D eigenvalue weighted by atomic mass is 10.2. The molecule has 0 heterocycles. The predicted molar refractivity (Wildman–Crippen MR) is 66.3 cm³/mol. The summed E-state index contributed by atoms with van der Waals surface area (Å²) in [6.45, 7) is 6.31. The van der Waals surface area contributed by atoms with Gasteiger partial charge in [0.05, 0.1) is 46.2 Å². The van der Waals surface area contributed by atoms with Crippen LogP contribution in [0.25, 0.3) is 0 Å². The zero-order chi connectivity index (χ0) is 13.6. The van der Waals surface area contributed by atoms with Crippen molar-refractivity contribution in [3.63, 3.8) is 0 Å². The third kappa shape index (κ3) is 10.9. The highest BCUT2D eigenvalue weighted by molar-refractivity contribution is 4.56. The summed E-state index contributed by atoms with van der Waals surface area (Å²) in [5, 5.41) is 17.3. The van der Waals surface area contributed by atoms with Gasteiger partial charge in [0, 0.05) is 12.5 Å². The first-order chi connectivity index (χ1) is 8.74. The third-order valence-electron chi connectivity index (χ3n) is 2.15. The van der Waals surface area contributed by atoms with Crippen molar-refractivity contribution in [2.45, 2.75) is 20.1 Å². The molecule has 0 fully saturated rings. The van der Waals surface area contributed by atoms with Crippen molar-refractivity contribution in [1.29, 1.82) is 0 Å². The predicted octanol–water partition coefficient (Wildman–Crippen LogP) is 0.0195. The highest BCUT2D eigenvalue weighted by atomic mass is 16.7. The molecule has 18 heavy (non-hydrogen) atoms. The largest absolute Gasteiger partial charge is 0.394 e. The second kappa shape index (κ2) is 13.2. The molecule has 0 amide bonds. The lowest BCUT2D eigenvalue weighted by Crippen LogP contribution is -2.26. The Balaban J connectivity index is 3.79. The van der Waals surface area contributed by atoms with E-state index in [2.05, 4.69) is 0 Å². The first-order valence-electron chi connectivity index (χ1n) is 6.35. The topological polar surface area (TPSA) is 77.4 Å². The van der Waals surface area contributed by atoms with Gasteiger partial charge in [-0.3, -0.25) is 0 Å². The van der Waals surface area contributed by atoms with Crippen molar-refractivity contribution in [3.8, 4) is 0 Å². The first kappa shape index (κ1) is 17.8. The molecule has 0 saturated heterocycles. The van der Waals surface area contributed by atoms with Crippen molar-refractivity contribution in [1.82, 2.24) is 0 Å². The van der Waals surface area contributed by atoms with Gasteiger partial charge in [-0.05, 0) is 13.8 Å². The Hall–Kier alpha value is -0.240. The van der Waals surface area contributed by atoms with Crippen molar-refractivity contribution < 1.29 is 29.2 Å². The molecular weight excluding hydrogens is 240 g/mol. The van der Waals surface area contributed by atoms with E-state index in [1.54, 1.807) is 0 Å². The second-order valence-electron chi connectivity index (χ2n) is 3.82. The number of ether oxygens (including phenoxy) is 4. The first-order valence-corrected chi connectivity index (χ1v) is 6.35. The summed E-state index contributed by atoms with van der Waals surface area (Å²) >= 11 is 0. The maximum Gasteiger partial charge on any atom is 0.154 e. The SMILES string of the molecule is CCOC(C)OCC(COCCO)COCCO. The molecule has 6 nitrogen and oxygen atoms in total. The van der Waals surface area contributed by atoms with E-state index in [0.717, 1.165) is 0 Å². The van der Waals surface area contributed by atoms with Crippen LogP contribution in [0.1, 0.15) is 13.8 Å². The standard InChI is InChI=1S/C12H26O6/c1-3-17-11(2)18-10-12(8-15-6-4-13)9-16-7-5-14/h11-14H,3-10H2,1-2H3. The van der Waals surface area contributed by atoms with Crippen molar-refractivity contribution >= 4 is 0 Å². The summed E-state index contributed by atoms with van der Waals surface area (Å²) < 4.78 is 21.3. The summed E-state index contributed by atoms with van der Waals surface area (Å²) in [5.41, 5.74) is 0. The molecule has 0 aromatic heterocycles. The molecule has 0 aliphatic rings.